The second kappa shape index (κ2) is 9.97. The maximum Gasteiger partial charge on any atom is 0.300 e. The molecule has 4 rings (SSSR count). The van der Waals surface area contributed by atoms with Gasteiger partial charge in [-0.05, 0) is 43.7 Å². The van der Waals surface area contributed by atoms with E-state index in [0.717, 1.165) is 17.0 Å². The molecule has 1 fully saturated rings. The van der Waals surface area contributed by atoms with Crippen molar-refractivity contribution in [2.45, 2.75) is 19.9 Å². The van der Waals surface area contributed by atoms with E-state index in [-0.39, 0.29) is 29.2 Å². The molecule has 180 valence electrons. The van der Waals surface area contributed by atoms with E-state index in [1.165, 1.54) is 6.07 Å². The van der Waals surface area contributed by atoms with Crippen molar-refractivity contribution < 1.29 is 33.0 Å². The van der Waals surface area contributed by atoms with Crippen LogP contribution >= 0.6 is 0 Å². The Morgan fingerprint density at radius 3 is 2.31 bits per heavy atom. The molecule has 1 amide bonds. The summed E-state index contributed by atoms with van der Waals surface area (Å²) >= 11 is 0. The Bertz CT molecular complexity index is 1310. The van der Waals surface area contributed by atoms with Crippen LogP contribution in [0.4, 0.5) is 14.5 Å². The van der Waals surface area contributed by atoms with Gasteiger partial charge in [-0.15, -0.1) is 0 Å². The van der Waals surface area contributed by atoms with Crippen LogP contribution in [0.5, 0.6) is 11.5 Å². The lowest BCUT2D eigenvalue weighted by molar-refractivity contribution is -0.132. The highest BCUT2D eigenvalue weighted by Crippen LogP contribution is 2.44. The normalized spacial score (nSPS) is 17.0. The van der Waals surface area contributed by atoms with E-state index in [1.54, 1.807) is 49.4 Å². The number of hydrogen-bond donors (Lipinski definition) is 1. The molecule has 1 aliphatic heterocycles. The van der Waals surface area contributed by atoms with Crippen LogP contribution in [0.15, 0.2) is 72.3 Å². The zero-order valence-corrected chi connectivity index (χ0v) is 19.1. The minimum absolute atomic E-state index is 0.175. The predicted octanol–water partition coefficient (Wildman–Crippen LogP) is 5.39. The summed E-state index contributed by atoms with van der Waals surface area (Å²) in [6, 6.07) is 14.7. The molecule has 0 radical (unpaired) electrons. The van der Waals surface area contributed by atoms with Gasteiger partial charge in [0, 0.05) is 12.1 Å². The Morgan fingerprint density at radius 1 is 0.943 bits per heavy atom. The number of benzene rings is 3. The number of carbonyl (C=O) groups is 2. The van der Waals surface area contributed by atoms with Gasteiger partial charge in [-0.25, -0.2) is 8.78 Å². The van der Waals surface area contributed by atoms with Crippen molar-refractivity contribution in [2.24, 2.45) is 0 Å². The highest BCUT2D eigenvalue weighted by atomic mass is 19.1. The van der Waals surface area contributed by atoms with E-state index in [1.807, 2.05) is 6.92 Å². The summed E-state index contributed by atoms with van der Waals surface area (Å²) in [5.41, 5.74) is 0.114. The molecule has 6 nitrogen and oxygen atoms in total. The average Bonchev–Trinajstić information content (AvgIpc) is 3.10. The first-order valence-electron chi connectivity index (χ1n) is 11.1. The minimum Gasteiger partial charge on any atom is -0.507 e. The largest absolute Gasteiger partial charge is 0.507 e. The summed E-state index contributed by atoms with van der Waals surface area (Å²) in [7, 11) is 0. The second-order valence-corrected chi connectivity index (χ2v) is 7.70. The number of nitrogens with zero attached hydrogens (tertiary/aromatic N) is 1. The zero-order valence-electron chi connectivity index (χ0n) is 19.1. The number of carbonyl (C=O) groups excluding carboxylic acids is 2. The first-order chi connectivity index (χ1) is 16.9. The number of ether oxygens (including phenoxy) is 2. The van der Waals surface area contributed by atoms with E-state index >= 15 is 0 Å². The van der Waals surface area contributed by atoms with Gasteiger partial charge in [0.1, 0.15) is 28.9 Å². The van der Waals surface area contributed by atoms with Crippen LogP contribution in [0.3, 0.4) is 0 Å². The molecule has 8 heteroatoms. The van der Waals surface area contributed by atoms with Gasteiger partial charge in [-0.1, -0.05) is 30.3 Å². The van der Waals surface area contributed by atoms with Crippen LogP contribution in [0, 0.1) is 11.6 Å². The van der Waals surface area contributed by atoms with Gasteiger partial charge < -0.3 is 14.6 Å². The number of ketones is 1. The molecule has 0 aliphatic carbocycles. The fraction of sp³-hybridized carbons (Fsp3) is 0.185. The van der Waals surface area contributed by atoms with E-state index in [4.69, 9.17) is 9.47 Å². The first-order valence-corrected chi connectivity index (χ1v) is 11.1. The molecule has 1 saturated heterocycles. The van der Waals surface area contributed by atoms with Crippen molar-refractivity contribution in [3.05, 3.63) is 95.1 Å². The number of Topliss-reactive ketones (excluding diaryl/α,β-unsaturated/α-hetero) is 1. The van der Waals surface area contributed by atoms with Crippen molar-refractivity contribution in [3.8, 4) is 11.5 Å². The smallest absolute Gasteiger partial charge is 0.300 e. The quantitative estimate of drug-likeness (QED) is 0.279. The van der Waals surface area contributed by atoms with Gasteiger partial charge in [0.2, 0.25) is 0 Å². The van der Waals surface area contributed by atoms with Crippen LogP contribution in [0.2, 0.25) is 0 Å². The van der Waals surface area contributed by atoms with Gasteiger partial charge in [0.15, 0.2) is 0 Å². The molecule has 0 bridgehead atoms. The molecule has 1 unspecified atom stereocenters. The van der Waals surface area contributed by atoms with Crippen LogP contribution in [0.25, 0.3) is 5.76 Å². The molecule has 1 atom stereocenters. The van der Waals surface area contributed by atoms with Crippen molar-refractivity contribution in [1.82, 2.24) is 0 Å². The van der Waals surface area contributed by atoms with E-state index in [0.29, 0.717) is 24.0 Å². The zero-order chi connectivity index (χ0) is 25.1. The maximum atomic E-state index is 14.8. The van der Waals surface area contributed by atoms with E-state index in [9.17, 15) is 23.5 Å². The minimum atomic E-state index is -1.16. The SMILES string of the molecule is CCOc1ccc(/C(O)=C2/C(=O)C(=O)N(c3ccc(F)cc3F)C2c2ccccc2)c(OCC)c1. The summed E-state index contributed by atoms with van der Waals surface area (Å²) in [5, 5.41) is 11.4. The number of aliphatic hydroxyl groups is 1. The summed E-state index contributed by atoms with van der Waals surface area (Å²) in [6.45, 7) is 4.27. The van der Waals surface area contributed by atoms with Crippen molar-refractivity contribution in [3.63, 3.8) is 0 Å². The molecule has 3 aromatic carbocycles. The molecule has 1 aliphatic rings. The lowest BCUT2D eigenvalue weighted by Crippen LogP contribution is -2.30. The highest BCUT2D eigenvalue weighted by molar-refractivity contribution is 6.51. The number of hydrogen-bond acceptors (Lipinski definition) is 5. The third-order valence-electron chi connectivity index (χ3n) is 5.55. The van der Waals surface area contributed by atoms with Crippen molar-refractivity contribution in [1.29, 1.82) is 0 Å². The van der Waals surface area contributed by atoms with E-state index < -0.39 is 35.1 Å². The van der Waals surface area contributed by atoms with Crippen molar-refractivity contribution in [2.75, 3.05) is 18.1 Å². The fourth-order valence-corrected chi connectivity index (χ4v) is 4.08. The Kier molecular flexibility index (Phi) is 6.82. The highest BCUT2D eigenvalue weighted by Gasteiger charge is 2.48. The summed E-state index contributed by atoms with van der Waals surface area (Å²) < 4.78 is 39.5. The Balaban J connectivity index is 1.95. The van der Waals surface area contributed by atoms with Crippen LogP contribution in [-0.4, -0.2) is 30.0 Å². The fourth-order valence-electron chi connectivity index (χ4n) is 4.08. The molecule has 0 saturated carbocycles. The number of halogens is 2. The molecular formula is C27H23F2NO5. The second-order valence-electron chi connectivity index (χ2n) is 7.70. The Hall–Kier alpha value is -4.20. The monoisotopic (exact) mass is 479 g/mol. The van der Waals surface area contributed by atoms with Gasteiger partial charge in [0.25, 0.3) is 11.7 Å². The molecule has 0 aromatic heterocycles. The molecule has 0 spiro atoms. The predicted molar refractivity (Wildman–Crippen MR) is 126 cm³/mol. The summed E-state index contributed by atoms with van der Waals surface area (Å²) in [4.78, 5) is 27.3. The maximum absolute atomic E-state index is 14.8. The number of rotatable bonds is 7. The molecule has 3 aromatic rings. The molecule has 1 N–H and O–H groups in total. The molecular weight excluding hydrogens is 456 g/mol. The van der Waals surface area contributed by atoms with Gasteiger partial charge in [-0.2, -0.15) is 0 Å². The third kappa shape index (κ3) is 4.47. The standard InChI is InChI=1S/C27H23F2NO5/c1-3-34-18-11-12-19(22(15-18)35-4-2)25(31)23-24(16-8-6-5-7-9-16)30(27(33)26(23)32)21-13-10-17(28)14-20(21)29/h5-15,24,31H,3-4H2,1-2H3/b25-23-. The summed E-state index contributed by atoms with van der Waals surface area (Å²) in [6.07, 6.45) is 0. The third-order valence-corrected chi connectivity index (χ3v) is 5.55. The number of anilines is 1. The average molecular weight is 479 g/mol. The van der Waals surface area contributed by atoms with Gasteiger partial charge in [-0.3, -0.25) is 14.5 Å². The number of aliphatic hydroxyl groups excluding tert-OH is 1. The topological polar surface area (TPSA) is 76.1 Å². The lowest BCUT2D eigenvalue weighted by Gasteiger charge is -2.26. The van der Waals surface area contributed by atoms with E-state index in [2.05, 4.69) is 0 Å². The first kappa shape index (κ1) is 23.9. The van der Waals surface area contributed by atoms with Gasteiger partial charge in [0.05, 0.1) is 36.1 Å². The molecule has 1 heterocycles. The lowest BCUT2D eigenvalue weighted by atomic mass is 9.94. The van der Waals surface area contributed by atoms with Crippen LogP contribution in [-0.2, 0) is 9.59 Å². The van der Waals surface area contributed by atoms with Crippen LogP contribution in [0.1, 0.15) is 31.0 Å². The number of amides is 1. The Morgan fingerprint density at radius 2 is 1.66 bits per heavy atom. The van der Waals surface area contributed by atoms with Gasteiger partial charge >= 0.3 is 0 Å². The molecule has 35 heavy (non-hydrogen) atoms. The van der Waals surface area contributed by atoms with Crippen LogP contribution < -0.4 is 14.4 Å². The Labute approximate surface area is 201 Å². The van der Waals surface area contributed by atoms with Crippen molar-refractivity contribution >= 4 is 23.1 Å². The summed E-state index contributed by atoms with van der Waals surface area (Å²) in [5.74, 6) is -3.61.